The molecule has 2 aromatic heterocycles. The fourth-order valence-corrected chi connectivity index (χ4v) is 3.71. The second kappa shape index (κ2) is 8.00. The van der Waals surface area contributed by atoms with Crippen molar-refractivity contribution in [2.45, 2.75) is 13.1 Å². The third kappa shape index (κ3) is 3.84. The van der Waals surface area contributed by atoms with E-state index < -0.39 is 11.1 Å². The number of aryl methyl sites for hydroxylation is 1. The van der Waals surface area contributed by atoms with Gasteiger partial charge in [-0.1, -0.05) is 30.3 Å². The number of carbonyl (C=O) groups is 1. The molecule has 3 heterocycles. The van der Waals surface area contributed by atoms with Crippen LogP contribution in [0.25, 0.3) is 11.2 Å². The van der Waals surface area contributed by atoms with E-state index in [4.69, 9.17) is 0 Å². The van der Waals surface area contributed by atoms with Gasteiger partial charge in [0, 0.05) is 46.0 Å². The number of amides is 1. The van der Waals surface area contributed by atoms with Gasteiger partial charge in [0.1, 0.15) is 6.54 Å². The molecule has 8 nitrogen and oxygen atoms in total. The molecule has 1 saturated heterocycles. The lowest BCUT2D eigenvalue weighted by Crippen LogP contribution is -2.50. The van der Waals surface area contributed by atoms with Crippen molar-refractivity contribution in [1.82, 2.24) is 23.9 Å². The second-order valence-electron chi connectivity index (χ2n) is 7.24. The number of fused-ring (bicyclic) bond motifs is 1. The zero-order valence-electron chi connectivity index (χ0n) is 16.3. The van der Waals surface area contributed by atoms with E-state index >= 15 is 0 Å². The van der Waals surface area contributed by atoms with Gasteiger partial charge >= 0.3 is 11.1 Å². The standard InChI is InChI=1S/C21H23N5O3/c1-23-19-17(8-5-9-22-19)26(21(29)20(23)28)15-18(27)25-12-10-24(11-13-25)14-16-6-3-2-4-7-16/h2-9H,10-15H2,1H3. The van der Waals surface area contributed by atoms with E-state index in [0.717, 1.165) is 19.6 Å². The van der Waals surface area contributed by atoms with E-state index in [1.165, 1.54) is 21.7 Å². The molecule has 0 atom stereocenters. The lowest BCUT2D eigenvalue weighted by Gasteiger charge is -2.35. The van der Waals surface area contributed by atoms with Gasteiger partial charge in [0.25, 0.3) is 0 Å². The maximum absolute atomic E-state index is 12.8. The molecule has 1 amide bonds. The van der Waals surface area contributed by atoms with Gasteiger partial charge in [-0.15, -0.1) is 0 Å². The van der Waals surface area contributed by atoms with Crippen molar-refractivity contribution in [3.8, 4) is 0 Å². The molecule has 3 aromatic rings. The first-order chi connectivity index (χ1) is 14.0. The minimum absolute atomic E-state index is 0.157. The highest BCUT2D eigenvalue weighted by atomic mass is 16.2. The summed E-state index contributed by atoms with van der Waals surface area (Å²) < 4.78 is 2.46. The van der Waals surface area contributed by atoms with Gasteiger partial charge in [-0.2, -0.15) is 0 Å². The summed E-state index contributed by atoms with van der Waals surface area (Å²) in [4.78, 5) is 45.8. The highest BCUT2D eigenvalue weighted by Crippen LogP contribution is 2.10. The number of pyridine rings is 1. The SMILES string of the molecule is Cn1c(=O)c(=O)n(CC(=O)N2CCN(Cc3ccccc3)CC2)c2cccnc21. The van der Waals surface area contributed by atoms with Gasteiger partial charge in [0.05, 0.1) is 5.52 Å². The molecule has 1 fully saturated rings. The number of hydrogen-bond acceptors (Lipinski definition) is 5. The Morgan fingerprint density at radius 1 is 0.966 bits per heavy atom. The van der Waals surface area contributed by atoms with Crippen LogP contribution in [0.4, 0.5) is 0 Å². The summed E-state index contributed by atoms with van der Waals surface area (Å²) in [5.41, 5.74) is 0.729. The number of hydrogen-bond donors (Lipinski definition) is 0. The fraction of sp³-hybridized carbons (Fsp3) is 0.333. The third-order valence-corrected chi connectivity index (χ3v) is 5.37. The molecule has 0 radical (unpaired) electrons. The minimum atomic E-state index is -0.705. The van der Waals surface area contributed by atoms with Crippen molar-refractivity contribution in [2.75, 3.05) is 26.2 Å². The first-order valence-corrected chi connectivity index (χ1v) is 9.63. The molecule has 0 aliphatic carbocycles. The van der Waals surface area contributed by atoms with Crippen LogP contribution < -0.4 is 11.1 Å². The van der Waals surface area contributed by atoms with Crippen molar-refractivity contribution in [3.05, 3.63) is 74.9 Å². The molecule has 0 spiro atoms. The van der Waals surface area contributed by atoms with Gasteiger partial charge in [0.2, 0.25) is 5.91 Å². The normalized spacial score (nSPS) is 15.0. The Labute approximate surface area is 167 Å². The van der Waals surface area contributed by atoms with Crippen LogP contribution in [-0.2, 0) is 24.9 Å². The molecule has 1 aromatic carbocycles. The molecule has 1 aliphatic rings. The molecule has 0 bridgehead atoms. The Bertz CT molecular complexity index is 1140. The van der Waals surface area contributed by atoms with Crippen LogP contribution in [-0.4, -0.2) is 56.0 Å². The van der Waals surface area contributed by atoms with Crippen LogP contribution in [0.15, 0.2) is 58.3 Å². The first kappa shape index (κ1) is 19.1. The van der Waals surface area contributed by atoms with Crippen LogP contribution in [0.5, 0.6) is 0 Å². The molecule has 0 saturated carbocycles. The second-order valence-corrected chi connectivity index (χ2v) is 7.24. The van der Waals surface area contributed by atoms with Gasteiger partial charge in [-0.3, -0.25) is 28.4 Å². The van der Waals surface area contributed by atoms with E-state index in [1.807, 2.05) is 18.2 Å². The van der Waals surface area contributed by atoms with Gasteiger partial charge < -0.3 is 4.90 Å². The van der Waals surface area contributed by atoms with Gasteiger partial charge in [0.15, 0.2) is 5.65 Å². The molecule has 29 heavy (non-hydrogen) atoms. The number of rotatable bonds is 4. The Balaban J connectivity index is 1.47. The van der Waals surface area contributed by atoms with Crippen molar-refractivity contribution in [2.24, 2.45) is 7.05 Å². The van der Waals surface area contributed by atoms with Crippen molar-refractivity contribution < 1.29 is 4.79 Å². The van der Waals surface area contributed by atoms with E-state index in [9.17, 15) is 14.4 Å². The minimum Gasteiger partial charge on any atom is -0.339 e. The topological polar surface area (TPSA) is 80.4 Å². The fourth-order valence-electron chi connectivity index (χ4n) is 3.71. The summed E-state index contributed by atoms with van der Waals surface area (Å²) in [6.45, 7) is 3.44. The van der Waals surface area contributed by atoms with E-state index in [1.54, 1.807) is 23.2 Å². The molecular formula is C21H23N5O3. The van der Waals surface area contributed by atoms with Gasteiger partial charge in [-0.25, -0.2) is 4.98 Å². The summed E-state index contributed by atoms with van der Waals surface area (Å²) in [6.07, 6.45) is 1.56. The summed E-state index contributed by atoms with van der Waals surface area (Å²) in [5, 5.41) is 0. The van der Waals surface area contributed by atoms with Gasteiger partial charge in [-0.05, 0) is 17.7 Å². The monoisotopic (exact) mass is 393 g/mol. The van der Waals surface area contributed by atoms with E-state index in [2.05, 4.69) is 22.0 Å². The highest BCUT2D eigenvalue weighted by Gasteiger charge is 2.23. The van der Waals surface area contributed by atoms with Crippen molar-refractivity contribution >= 4 is 17.1 Å². The Morgan fingerprint density at radius 3 is 2.41 bits per heavy atom. The molecule has 0 N–H and O–H groups in total. The maximum Gasteiger partial charge on any atom is 0.317 e. The van der Waals surface area contributed by atoms with Crippen LogP contribution in [0, 0.1) is 0 Å². The maximum atomic E-state index is 12.8. The van der Waals surface area contributed by atoms with Crippen LogP contribution >= 0.6 is 0 Å². The number of benzene rings is 1. The van der Waals surface area contributed by atoms with Crippen LogP contribution in [0.3, 0.4) is 0 Å². The van der Waals surface area contributed by atoms with Crippen LogP contribution in [0.1, 0.15) is 5.56 Å². The Morgan fingerprint density at radius 2 is 1.69 bits per heavy atom. The molecule has 4 rings (SSSR count). The Hall–Kier alpha value is -3.26. The molecule has 0 unspecified atom stereocenters. The number of aromatic nitrogens is 3. The molecule has 150 valence electrons. The Kier molecular flexibility index (Phi) is 5.26. The van der Waals surface area contributed by atoms with Crippen molar-refractivity contribution in [1.29, 1.82) is 0 Å². The quantitative estimate of drug-likeness (QED) is 0.601. The van der Waals surface area contributed by atoms with E-state index in [-0.39, 0.29) is 12.5 Å². The van der Waals surface area contributed by atoms with E-state index in [0.29, 0.717) is 24.3 Å². The predicted molar refractivity (Wildman–Crippen MR) is 110 cm³/mol. The third-order valence-electron chi connectivity index (χ3n) is 5.37. The number of nitrogens with zero attached hydrogens (tertiary/aromatic N) is 5. The summed E-state index contributed by atoms with van der Waals surface area (Å²) in [6, 6.07) is 13.6. The number of carbonyl (C=O) groups excluding carboxylic acids is 1. The molecule has 1 aliphatic heterocycles. The predicted octanol–water partition coefficient (Wildman–Crippen LogP) is 0.440. The molecule has 8 heteroatoms. The lowest BCUT2D eigenvalue weighted by atomic mass is 10.2. The number of piperazine rings is 1. The average molecular weight is 393 g/mol. The summed E-state index contributed by atoms with van der Waals surface area (Å²) in [5.74, 6) is -0.162. The average Bonchev–Trinajstić information content (AvgIpc) is 2.76. The van der Waals surface area contributed by atoms with Crippen molar-refractivity contribution in [3.63, 3.8) is 0 Å². The highest BCUT2D eigenvalue weighted by molar-refractivity contribution is 5.79. The summed E-state index contributed by atoms with van der Waals surface area (Å²) >= 11 is 0. The smallest absolute Gasteiger partial charge is 0.317 e. The molecular weight excluding hydrogens is 370 g/mol. The van der Waals surface area contributed by atoms with Crippen LogP contribution in [0.2, 0.25) is 0 Å². The lowest BCUT2D eigenvalue weighted by molar-refractivity contribution is -0.133. The first-order valence-electron chi connectivity index (χ1n) is 9.63. The zero-order chi connectivity index (χ0) is 20.4. The largest absolute Gasteiger partial charge is 0.339 e. The zero-order valence-corrected chi connectivity index (χ0v) is 16.3. The summed E-state index contributed by atoms with van der Waals surface area (Å²) in [7, 11) is 1.51.